The van der Waals surface area contributed by atoms with E-state index in [4.69, 9.17) is 5.73 Å². The molecule has 9 heteroatoms. The maximum atomic E-state index is 13.6. The highest BCUT2D eigenvalue weighted by atomic mass is 19.1. The van der Waals surface area contributed by atoms with Crippen LogP contribution in [0.2, 0.25) is 0 Å². The molecule has 0 spiro atoms. The Morgan fingerprint density at radius 2 is 1.74 bits per heavy atom. The van der Waals surface area contributed by atoms with Gasteiger partial charge in [0.05, 0.1) is 10.9 Å². The highest BCUT2D eigenvalue weighted by Gasteiger charge is 2.23. The molecule has 34 heavy (non-hydrogen) atoms. The number of hydrogen-bond acceptors (Lipinski definition) is 5. The predicted molar refractivity (Wildman–Crippen MR) is 131 cm³/mol. The Morgan fingerprint density at radius 3 is 2.47 bits per heavy atom. The standard InChI is InChI=1S/C25H25FN6O2/c1-13(2)32-11-19(21-23(27)28-12-29-24(21)32)22(33)18-10-17(8-6-14(18)3)30-25(34)31-20-9-16(26)7-5-15(20)4/h5-13H,1-4H3,(H2,27,28,29)(H2,30,31,34). The van der Waals surface area contributed by atoms with Crippen molar-refractivity contribution in [2.45, 2.75) is 33.7 Å². The van der Waals surface area contributed by atoms with Gasteiger partial charge in [-0.25, -0.2) is 19.2 Å². The van der Waals surface area contributed by atoms with E-state index in [1.54, 1.807) is 37.4 Å². The van der Waals surface area contributed by atoms with Crippen LogP contribution in [0, 0.1) is 19.7 Å². The van der Waals surface area contributed by atoms with E-state index in [0.717, 1.165) is 11.1 Å². The molecule has 0 atom stereocenters. The fourth-order valence-electron chi connectivity index (χ4n) is 3.78. The Bertz CT molecular complexity index is 1430. The molecular formula is C25H25FN6O2. The SMILES string of the molecule is Cc1ccc(F)cc1NC(=O)Nc1ccc(C)c(C(=O)c2cn(C(C)C)c3ncnc(N)c23)c1. The lowest BCUT2D eigenvalue weighted by Crippen LogP contribution is -2.20. The number of anilines is 3. The maximum absolute atomic E-state index is 13.6. The van der Waals surface area contributed by atoms with Crippen molar-refractivity contribution < 1.29 is 14.0 Å². The number of nitrogen functional groups attached to an aromatic ring is 1. The number of nitrogens with zero attached hydrogens (tertiary/aromatic N) is 3. The van der Waals surface area contributed by atoms with Crippen molar-refractivity contribution >= 4 is 40.0 Å². The highest BCUT2D eigenvalue weighted by Crippen LogP contribution is 2.30. The molecule has 0 radical (unpaired) electrons. The van der Waals surface area contributed by atoms with E-state index in [1.165, 1.54) is 18.5 Å². The molecule has 8 nitrogen and oxygen atoms in total. The number of amides is 2. The number of carbonyl (C=O) groups is 2. The van der Waals surface area contributed by atoms with Crippen LogP contribution < -0.4 is 16.4 Å². The normalized spacial score (nSPS) is 11.1. The van der Waals surface area contributed by atoms with Crippen molar-refractivity contribution in [1.29, 1.82) is 0 Å². The van der Waals surface area contributed by atoms with Crippen molar-refractivity contribution in [1.82, 2.24) is 14.5 Å². The predicted octanol–water partition coefficient (Wildman–Crippen LogP) is 5.23. The Morgan fingerprint density at radius 1 is 1.00 bits per heavy atom. The minimum atomic E-state index is -0.551. The topological polar surface area (TPSA) is 115 Å². The number of fused-ring (bicyclic) bond motifs is 1. The molecule has 4 N–H and O–H groups in total. The molecule has 0 aliphatic carbocycles. The van der Waals surface area contributed by atoms with Gasteiger partial charge in [-0.1, -0.05) is 12.1 Å². The second-order valence-electron chi connectivity index (χ2n) is 8.40. The van der Waals surface area contributed by atoms with Gasteiger partial charge in [0.25, 0.3) is 0 Å². The third-order valence-electron chi connectivity index (χ3n) is 5.63. The van der Waals surface area contributed by atoms with Gasteiger partial charge in [-0.15, -0.1) is 0 Å². The molecule has 0 aliphatic heterocycles. The molecule has 0 unspecified atom stereocenters. The Labute approximate surface area is 196 Å². The van der Waals surface area contributed by atoms with Crippen LogP contribution in [-0.2, 0) is 0 Å². The van der Waals surface area contributed by atoms with Crippen LogP contribution in [-0.4, -0.2) is 26.3 Å². The van der Waals surface area contributed by atoms with E-state index < -0.39 is 11.8 Å². The Hall–Kier alpha value is -4.27. The molecule has 174 valence electrons. The zero-order valence-corrected chi connectivity index (χ0v) is 19.3. The number of hydrogen-bond donors (Lipinski definition) is 3. The van der Waals surface area contributed by atoms with Crippen molar-refractivity contribution in [2.24, 2.45) is 0 Å². The van der Waals surface area contributed by atoms with Gasteiger partial charge in [0, 0.05) is 29.2 Å². The lowest BCUT2D eigenvalue weighted by atomic mass is 9.98. The van der Waals surface area contributed by atoms with Crippen LogP contribution in [0.5, 0.6) is 0 Å². The third-order valence-corrected chi connectivity index (χ3v) is 5.63. The molecule has 0 saturated carbocycles. The first kappa shape index (κ1) is 22.9. The number of aryl methyl sites for hydroxylation is 2. The van der Waals surface area contributed by atoms with Gasteiger partial charge in [-0.2, -0.15) is 0 Å². The number of aromatic nitrogens is 3. The number of rotatable bonds is 5. The van der Waals surface area contributed by atoms with Crippen molar-refractivity contribution in [3.05, 3.63) is 77.0 Å². The zero-order chi connectivity index (χ0) is 24.6. The number of nitrogens with one attached hydrogen (secondary N) is 2. The van der Waals surface area contributed by atoms with Gasteiger partial charge in [0.15, 0.2) is 5.78 Å². The number of carbonyl (C=O) groups excluding carboxylic acids is 2. The van der Waals surface area contributed by atoms with Crippen LogP contribution in [0.1, 0.15) is 46.9 Å². The molecule has 0 bridgehead atoms. The highest BCUT2D eigenvalue weighted by molar-refractivity contribution is 6.19. The van der Waals surface area contributed by atoms with Crippen LogP contribution >= 0.6 is 0 Å². The third kappa shape index (κ3) is 4.32. The monoisotopic (exact) mass is 460 g/mol. The van der Waals surface area contributed by atoms with Crippen LogP contribution in [0.15, 0.2) is 48.9 Å². The summed E-state index contributed by atoms with van der Waals surface area (Å²) in [6, 6.07) is 8.70. The summed E-state index contributed by atoms with van der Waals surface area (Å²) in [4.78, 5) is 34.5. The van der Waals surface area contributed by atoms with Crippen LogP contribution in [0.25, 0.3) is 11.0 Å². The minimum absolute atomic E-state index is 0.0578. The maximum Gasteiger partial charge on any atom is 0.323 e. The van der Waals surface area contributed by atoms with Gasteiger partial charge in [-0.3, -0.25) is 4.79 Å². The van der Waals surface area contributed by atoms with Gasteiger partial charge in [0.1, 0.15) is 23.6 Å². The molecule has 0 saturated heterocycles. The summed E-state index contributed by atoms with van der Waals surface area (Å²) in [5.74, 6) is -0.481. The Kier molecular flexibility index (Phi) is 6.02. The smallest absolute Gasteiger partial charge is 0.323 e. The number of nitrogens with two attached hydrogens (primary N) is 1. The number of benzene rings is 2. The van der Waals surface area contributed by atoms with Gasteiger partial charge >= 0.3 is 6.03 Å². The summed E-state index contributed by atoms with van der Waals surface area (Å²) in [6.45, 7) is 7.55. The number of halogens is 1. The first-order valence-electron chi connectivity index (χ1n) is 10.8. The minimum Gasteiger partial charge on any atom is -0.383 e. The summed E-state index contributed by atoms with van der Waals surface area (Å²) < 4.78 is 15.4. The fraction of sp³-hybridized carbons (Fsp3) is 0.200. The van der Waals surface area contributed by atoms with E-state index in [9.17, 15) is 14.0 Å². The van der Waals surface area contributed by atoms with E-state index in [0.29, 0.717) is 33.5 Å². The molecular weight excluding hydrogens is 435 g/mol. The molecule has 2 heterocycles. The molecule has 0 fully saturated rings. The molecule has 4 aromatic rings. The number of ketones is 1. The summed E-state index contributed by atoms with van der Waals surface area (Å²) in [7, 11) is 0. The lowest BCUT2D eigenvalue weighted by Gasteiger charge is -2.12. The van der Waals surface area contributed by atoms with Gasteiger partial charge in [-0.05, 0) is 63.1 Å². The van der Waals surface area contributed by atoms with E-state index >= 15 is 0 Å². The van der Waals surface area contributed by atoms with Crippen molar-refractivity contribution in [3.63, 3.8) is 0 Å². The summed E-state index contributed by atoms with van der Waals surface area (Å²) >= 11 is 0. The van der Waals surface area contributed by atoms with Crippen LogP contribution in [0.3, 0.4) is 0 Å². The average Bonchev–Trinajstić information content (AvgIpc) is 3.18. The fourth-order valence-corrected chi connectivity index (χ4v) is 3.78. The molecule has 2 aromatic carbocycles. The lowest BCUT2D eigenvalue weighted by molar-refractivity contribution is 0.103. The molecule has 2 amide bonds. The molecule has 4 rings (SSSR count). The largest absolute Gasteiger partial charge is 0.383 e. The van der Waals surface area contributed by atoms with E-state index in [-0.39, 0.29) is 17.6 Å². The first-order valence-corrected chi connectivity index (χ1v) is 10.8. The van der Waals surface area contributed by atoms with Crippen molar-refractivity contribution in [3.8, 4) is 0 Å². The van der Waals surface area contributed by atoms with E-state index in [1.807, 2.05) is 25.3 Å². The van der Waals surface area contributed by atoms with Gasteiger partial charge in [0.2, 0.25) is 0 Å². The van der Waals surface area contributed by atoms with Crippen molar-refractivity contribution in [2.75, 3.05) is 16.4 Å². The second-order valence-corrected chi connectivity index (χ2v) is 8.40. The zero-order valence-electron chi connectivity index (χ0n) is 19.3. The summed E-state index contributed by atoms with van der Waals surface area (Å²) in [6.07, 6.45) is 3.11. The second kappa shape index (κ2) is 8.93. The molecule has 2 aromatic heterocycles. The molecule has 0 aliphatic rings. The first-order chi connectivity index (χ1) is 16.2. The quantitative estimate of drug-likeness (QED) is 0.353. The van der Waals surface area contributed by atoms with E-state index in [2.05, 4.69) is 20.6 Å². The summed E-state index contributed by atoms with van der Waals surface area (Å²) in [5.41, 5.74) is 9.72. The van der Waals surface area contributed by atoms with Gasteiger partial charge < -0.3 is 20.9 Å². The summed E-state index contributed by atoms with van der Waals surface area (Å²) in [5, 5.41) is 5.83. The number of urea groups is 1. The average molecular weight is 461 g/mol. The van der Waals surface area contributed by atoms with Crippen LogP contribution in [0.4, 0.5) is 26.4 Å². The Balaban J connectivity index is 1.66.